The van der Waals surface area contributed by atoms with Gasteiger partial charge in [-0.1, -0.05) is 6.07 Å². The van der Waals surface area contributed by atoms with Gasteiger partial charge < -0.3 is 20.1 Å². The lowest BCUT2D eigenvalue weighted by Gasteiger charge is -2.20. The lowest BCUT2D eigenvalue weighted by Crippen LogP contribution is -2.28. The summed E-state index contributed by atoms with van der Waals surface area (Å²) in [6.45, 7) is 3.33. The molecule has 1 aromatic carbocycles. The van der Waals surface area contributed by atoms with E-state index in [2.05, 4.69) is 0 Å². The number of hydrogen-bond donors (Lipinski definition) is 1. The van der Waals surface area contributed by atoms with Crippen LogP contribution in [0.2, 0.25) is 0 Å². The van der Waals surface area contributed by atoms with E-state index in [1.54, 1.807) is 0 Å². The molecule has 1 saturated heterocycles. The van der Waals surface area contributed by atoms with Gasteiger partial charge in [0, 0.05) is 19.5 Å². The molecule has 1 atom stereocenters. The third-order valence-corrected chi connectivity index (χ3v) is 3.90. The van der Waals surface area contributed by atoms with E-state index in [1.165, 1.54) is 5.56 Å². The summed E-state index contributed by atoms with van der Waals surface area (Å²) in [5.41, 5.74) is 6.80. The van der Waals surface area contributed by atoms with Crippen LogP contribution in [0.1, 0.15) is 12.0 Å². The summed E-state index contributed by atoms with van der Waals surface area (Å²) in [4.78, 5) is 13.7. The third kappa shape index (κ3) is 2.72. The highest BCUT2D eigenvalue weighted by atomic mass is 16.6. The van der Waals surface area contributed by atoms with E-state index >= 15 is 0 Å². The Kier molecular flexibility index (Phi) is 3.78. The molecule has 2 heterocycles. The molecule has 108 valence electrons. The molecule has 5 heteroatoms. The molecule has 0 saturated carbocycles. The minimum Gasteiger partial charge on any atom is -0.486 e. The highest BCUT2D eigenvalue weighted by Gasteiger charge is 2.28. The minimum atomic E-state index is 0.220. The predicted molar refractivity (Wildman–Crippen MR) is 74.9 cm³/mol. The number of likely N-dealkylation sites (tertiary alicyclic amines) is 1. The first kappa shape index (κ1) is 13.2. The molecule has 3 rings (SSSR count). The van der Waals surface area contributed by atoms with Crippen molar-refractivity contribution in [3.05, 3.63) is 23.8 Å². The van der Waals surface area contributed by atoms with E-state index in [0.717, 1.165) is 31.0 Å². The number of benzene rings is 1. The van der Waals surface area contributed by atoms with Crippen LogP contribution >= 0.6 is 0 Å². The zero-order chi connectivity index (χ0) is 13.9. The summed E-state index contributed by atoms with van der Waals surface area (Å²) < 4.78 is 11.1. The number of rotatable bonds is 4. The van der Waals surface area contributed by atoms with Gasteiger partial charge >= 0.3 is 0 Å². The number of nitrogens with zero attached hydrogens (tertiary/aromatic N) is 1. The largest absolute Gasteiger partial charge is 0.486 e. The van der Waals surface area contributed by atoms with Gasteiger partial charge in [-0.05, 0) is 36.6 Å². The Balaban J connectivity index is 1.60. The van der Waals surface area contributed by atoms with E-state index in [1.807, 2.05) is 23.1 Å². The predicted octanol–water partition coefficient (Wildman–Crippen LogP) is 0.807. The summed E-state index contributed by atoms with van der Waals surface area (Å²) in [5.74, 6) is 2.16. The summed E-state index contributed by atoms with van der Waals surface area (Å²) in [5, 5.41) is 0. The van der Waals surface area contributed by atoms with Gasteiger partial charge in [-0.15, -0.1) is 0 Å². The van der Waals surface area contributed by atoms with Crippen LogP contribution in [-0.2, 0) is 11.2 Å². The van der Waals surface area contributed by atoms with E-state index < -0.39 is 0 Å². The van der Waals surface area contributed by atoms with Crippen molar-refractivity contribution in [2.75, 3.05) is 32.8 Å². The smallest absolute Gasteiger partial charge is 0.222 e. The first-order valence-corrected chi connectivity index (χ1v) is 7.12. The fourth-order valence-electron chi connectivity index (χ4n) is 2.74. The van der Waals surface area contributed by atoms with Crippen LogP contribution in [-0.4, -0.2) is 43.7 Å². The second-order valence-corrected chi connectivity index (χ2v) is 5.37. The Bertz CT molecular complexity index is 504. The Morgan fingerprint density at radius 1 is 1.25 bits per heavy atom. The van der Waals surface area contributed by atoms with Gasteiger partial charge in [0.1, 0.15) is 13.2 Å². The molecule has 1 amide bonds. The lowest BCUT2D eigenvalue weighted by atomic mass is 10.1. The van der Waals surface area contributed by atoms with Crippen molar-refractivity contribution in [1.29, 1.82) is 0 Å². The molecule has 0 bridgehead atoms. The van der Waals surface area contributed by atoms with Gasteiger partial charge in [0.2, 0.25) is 5.91 Å². The number of carbonyl (C=O) groups is 1. The maximum Gasteiger partial charge on any atom is 0.222 e. The van der Waals surface area contributed by atoms with Gasteiger partial charge in [0.25, 0.3) is 0 Å². The molecule has 2 aliphatic rings. The number of fused-ring (bicyclic) bond motifs is 1. The van der Waals surface area contributed by atoms with Crippen LogP contribution in [0, 0.1) is 5.92 Å². The lowest BCUT2D eigenvalue weighted by molar-refractivity contribution is -0.127. The molecule has 5 nitrogen and oxygen atoms in total. The van der Waals surface area contributed by atoms with Crippen LogP contribution in [0.5, 0.6) is 11.5 Å². The van der Waals surface area contributed by atoms with Crippen LogP contribution in [0.3, 0.4) is 0 Å². The fraction of sp³-hybridized carbons (Fsp3) is 0.533. The maximum absolute atomic E-state index is 11.8. The quantitative estimate of drug-likeness (QED) is 0.884. The molecule has 1 unspecified atom stereocenters. The second-order valence-electron chi connectivity index (χ2n) is 5.37. The van der Waals surface area contributed by atoms with Crippen molar-refractivity contribution in [3.63, 3.8) is 0 Å². The third-order valence-electron chi connectivity index (χ3n) is 3.90. The second kappa shape index (κ2) is 5.71. The summed E-state index contributed by atoms with van der Waals surface area (Å²) >= 11 is 0. The van der Waals surface area contributed by atoms with Crippen molar-refractivity contribution in [3.8, 4) is 11.5 Å². The zero-order valence-electron chi connectivity index (χ0n) is 11.5. The average molecular weight is 276 g/mol. The number of carbonyl (C=O) groups excluding carboxylic acids is 1. The SMILES string of the molecule is NCC1CC(=O)N(CCc2ccc3c(c2)OCCO3)C1. The van der Waals surface area contributed by atoms with Gasteiger partial charge in [-0.25, -0.2) is 0 Å². The van der Waals surface area contributed by atoms with Crippen molar-refractivity contribution >= 4 is 5.91 Å². The standard InChI is InChI=1S/C15H20N2O3/c16-9-12-8-15(18)17(10-12)4-3-11-1-2-13-14(7-11)20-6-5-19-13/h1-2,7,12H,3-6,8-10,16H2. The first-order chi connectivity index (χ1) is 9.76. The van der Waals surface area contributed by atoms with Crippen LogP contribution in [0.25, 0.3) is 0 Å². The summed E-state index contributed by atoms with van der Waals surface area (Å²) in [6, 6.07) is 5.99. The molecule has 0 radical (unpaired) electrons. The molecule has 1 aromatic rings. The van der Waals surface area contributed by atoms with Crippen LogP contribution in [0.4, 0.5) is 0 Å². The van der Waals surface area contributed by atoms with Gasteiger partial charge in [-0.2, -0.15) is 0 Å². The van der Waals surface area contributed by atoms with E-state index in [4.69, 9.17) is 15.2 Å². The minimum absolute atomic E-state index is 0.220. The normalized spacial score (nSPS) is 21.4. The Hall–Kier alpha value is -1.75. The molecule has 0 spiro atoms. The van der Waals surface area contributed by atoms with Gasteiger partial charge in [0.15, 0.2) is 11.5 Å². The maximum atomic E-state index is 11.8. The molecule has 0 aromatic heterocycles. The Morgan fingerprint density at radius 3 is 2.80 bits per heavy atom. The molecule has 2 aliphatic heterocycles. The van der Waals surface area contributed by atoms with Crippen LogP contribution in [0.15, 0.2) is 18.2 Å². The van der Waals surface area contributed by atoms with E-state index in [0.29, 0.717) is 32.1 Å². The number of hydrogen-bond acceptors (Lipinski definition) is 4. The molecule has 20 heavy (non-hydrogen) atoms. The van der Waals surface area contributed by atoms with Crippen molar-refractivity contribution in [1.82, 2.24) is 4.90 Å². The number of ether oxygens (including phenoxy) is 2. The average Bonchev–Trinajstić information content (AvgIpc) is 2.85. The molecule has 0 aliphatic carbocycles. The first-order valence-electron chi connectivity index (χ1n) is 7.12. The number of nitrogens with two attached hydrogens (primary N) is 1. The summed E-state index contributed by atoms with van der Waals surface area (Å²) in [7, 11) is 0. The molecule has 2 N–H and O–H groups in total. The number of amides is 1. The highest BCUT2D eigenvalue weighted by Crippen LogP contribution is 2.31. The van der Waals surface area contributed by atoms with Crippen molar-refractivity contribution in [2.24, 2.45) is 11.7 Å². The summed E-state index contributed by atoms with van der Waals surface area (Å²) in [6.07, 6.45) is 1.43. The van der Waals surface area contributed by atoms with E-state index in [9.17, 15) is 4.79 Å². The van der Waals surface area contributed by atoms with Crippen molar-refractivity contribution < 1.29 is 14.3 Å². The Morgan fingerprint density at radius 2 is 2.05 bits per heavy atom. The van der Waals surface area contributed by atoms with Crippen LogP contribution < -0.4 is 15.2 Å². The van der Waals surface area contributed by atoms with Gasteiger partial charge in [-0.3, -0.25) is 4.79 Å². The topological polar surface area (TPSA) is 64.8 Å². The molecular formula is C15H20N2O3. The monoisotopic (exact) mass is 276 g/mol. The van der Waals surface area contributed by atoms with Crippen molar-refractivity contribution in [2.45, 2.75) is 12.8 Å². The van der Waals surface area contributed by atoms with E-state index in [-0.39, 0.29) is 5.91 Å². The molecule has 1 fully saturated rings. The fourth-order valence-corrected chi connectivity index (χ4v) is 2.74. The zero-order valence-corrected chi connectivity index (χ0v) is 11.5. The molecular weight excluding hydrogens is 256 g/mol. The highest BCUT2D eigenvalue weighted by molar-refractivity contribution is 5.78. The van der Waals surface area contributed by atoms with Gasteiger partial charge in [0.05, 0.1) is 0 Å². The Labute approximate surface area is 118 Å².